The molecule has 7 heteroatoms. The molecule has 1 heterocycles. The average Bonchev–Trinajstić information content (AvgIpc) is 3.34. The number of nitrogens with one attached hydrogen (secondary N) is 1. The molecule has 2 aromatic carbocycles. The first-order valence-corrected chi connectivity index (χ1v) is 10.5. The fourth-order valence-electron chi connectivity index (χ4n) is 3.91. The number of likely N-dealkylation sites (tertiary alicyclic amines) is 1. The molecule has 31 heavy (non-hydrogen) atoms. The van der Waals surface area contributed by atoms with Gasteiger partial charge in [-0.2, -0.15) is 0 Å². The lowest BCUT2D eigenvalue weighted by molar-refractivity contribution is -0.154. The molecule has 3 rings (SSSR count). The molecule has 0 aliphatic carbocycles. The number of rotatable bonds is 7. The maximum Gasteiger partial charge on any atom is 0.396 e. The van der Waals surface area contributed by atoms with Crippen molar-refractivity contribution in [2.75, 3.05) is 33.8 Å². The van der Waals surface area contributed by atoms with Gasteiger partial charge in [-0.15, -0.1) is 0 Å². The van der Waals surface area contributed by atoms with E-state index in [-0.39, 0.29) is 11.9 Å². The van der Waals surface area contributed by atoms with E-state index in [0.29, 0.717) is 12.1 Å². The standard InChI is InChI=1S/C24H29N3O4/c1-26(20(17-27-15-9-10-16-27)18-11-5-3-6-12-18)23(29)21(19-13-7-4-8-14-19)25-22(28)24(30)31-2/h3-8,11-14,20-21H,9-10,15-17H2,1-2H3,(H,25,28)/t20-,21?/m1/s1. The second-order valence-corrected chi connectivity index (χ2v) is 7.69. The van der Waals surface area contributed by atoms with E-state index >= 15 is 0 Å². The summed E-state index contributed by atoms with van der Waals surface area (Å²) in [7, 11) is 2.88. The topological polar surface area (TPSA) is 78.9 Å². The van der Waals surface area contributed by atoms with Gasteiger partial charge in [0.25, 0.3) is 0 Å². The van der Waals surface area contributed by atoms with Crippen molar-refractivity contribution in [1.29, 1.82) is 0 Å². The lowest BCUT2D eigenvalue weighted by Gasteiger charge is -2.34. The Morgan fingerprint density at radius 3 is 2.06 bits per heavy atom. The van der Waals surface area contributed by atoms with Crippen molar-refractivity contribution in [2.45, 2.75) is 24.9 Å². The lowest BCUT2D eigenvalue weighted by Crippen LogP contribution is -2.46. The number of nitrogens with zero attached hydrogens (tertiary/aromatic N) is 2. The first-order chi connectivity index (χ1) is 15.0. The van der Waals surface area contributed by atoms with Gasteiger partial charge < -0.3 is 19.9 Å². The minimum Gasteiger partial charge on any atom is -0.462 e. The number of hydrogen-bond donors (Lipinski definition) is 1. The third kappa shape index (κ3) is 5.70. The second kappa shape index (κ2) is 10.7. The number of likely N-dealkylation sites (N-methyl/N-ethyl adjacent to an activating group) is 1. The minimum absolute atomic E-state index is 0.187. The smallest absolute Gasteiger partial charge is 0.396 e. The fraction of sp³-hybridized carbons (Fsp3) is 0.375. The highest BCUT2D eigenvalue weighted by Crippen LogP contribution is 2.26. The van der Waals surface area contributed by atoms with Gasteiger partial charge in [-0.05, 0) is 37.1 Å². The summed E-state index contributed by atoms with van der Waals surface area (Å²) in [5.74, 6) is -2.28. The summed E-state index contributed by atoms with van der Waals surface area (Å²) in [5, 5.41) is 2.55. The van der Waals surface area contributed by atoms with Crippen LogP contribution in [-0.2, 0) is 19.1 Å². The third-order valence-corrected chi connectivity index (χ3v) is 5.66. The van der Waals surface area contributed by atoms with Crippen molar-refractivity contribution < 1.29 is 19.1 Å². The molecule has 2 aromatic rings. The van der Waals surface area contributed by atoms with Crippen LogP contribution in [0.4, 0.5) is 0 Å². The molecule has 1 saturated heterocycles. The van der Waals surface area contributed by atoms with Crippen LogP contribution in [0.25, 0.3) is 0 Å². The zero-order valence-corrected chi connectivity index (χ0v) is 18.0. The predicted octanol–water partition coefficient (Wildman–Crippen LogP) is 2.31. The van der Waals surface area contributed by atoms with E-state index in [4.69, 9.17) is 0 Å². The van der Waals surface area contributed by atoms with Crippen molar-refractivity contribution in [2.24, 2.45) is 0 Å². The number of ether oxygens (including phenoxy) is 1. The van der Waals surface area contributed by atoms with Crippen molar-refractivity contribution in [3.8, 4) is 0 Å². The first-order valence-electron chi connectivity index (χ1n) is 10.5. The fourth-order valence-corrected chi connectivity index (χ4v) is 3.91. The molecule has 2 amide bonds. The van der Waals surface area contributed by atoms with Crippen molar-refractivity contribution in [1.82, 2.24) is 15.1 Å². The second-order valence-electron chi connectivity index (χ2n) is 7.69. The maximum absolute atomic E-state index is 13.6. The lowest BCUT2D eigenvalue weighted by atomic mass is 10.0. The quantitative estimate of drug-likeness (QED) is 0.546. The Kier molecular flexibility index (Phi) is 7.78. The van der Waals surface area contributed by atoms with Gasteiger partial charge in [0.2, 0.25) is 5.91 Å². The summed E-state index contributed by atoms with van der Waals surface area (Å²) in [6.07, 6.45) is 2.31. The number of carbonyl (C=O) groups is 3. The Bertz CT molecular complexity index is 882. The van der Waals surface area contributed by atoms with Gasteiger partial charge in [-0.3, -0.25) is 9.59 Å². The van der Waals surface area contributed by atoms with Crippen LogP contribution >= 0.6 is 0 Å². The molecular weight excluding hydrogens is 394 g/mol. The molecule has 0 saturated carbocycles. The van der Waals surface area contributed by atoms with Gasteiger partial charge in [0, 0.05) is 13.6 Å². The molecule has 7 nitrogen and oxygen atoms in total. The summed E-state index contributed by atoms with van der Waals surface area (Å²) in [5.41, 5.74) is 1.63. The van der Waals surface area contributed by atoms with E-state index in [1.807, 2.05) is 36.4 Å². The van der Waals surface area contributed by atoms with E-state index in [0.717, 1.165) is 38.6 Å². The Morgan fingerprint density at radius 2 is 1.52 bits per heavy atom. The number of esters is 1. The third-order valence-electron chi connectivity index (χ3n) is 5.66. The number of methoxy groups -OCH3 is 1. The van der Waals surface area contributed by atoms with E-state index in [1.54, 1.807) is 36.2 Å². The van der Waals surface area contributed by atoms with Crippen LogP contribution in [0.2, 0.25) is 0 Å². The first kappa shape index (κ1) is 22.5. The molecule has 1 aliphatic rings. The molecule has 164 valence electrons. The van der Waals surface area contributed by atoms with Crippen molar-refractivity contribution in [3.63, 3.8) is 0 Å². The van der Waals surface area contributed by atoms with E-state index < -0.39 is 17.9 Å². The maximum atomic E-state index is 13.6. The van der Waals surface area contributed by atoms with E-state index in [2.05, 4.69) is 15.0 Å². The summed E-state index contributed by atoms with van der Waals surface area (Å²) >= 11 is 0. The van der Waals surface area contributed by atoms with Crippen LogP contribution in [-0.4, -0.2) is 61.4 Å². The Balaban J connectivity index is 1.89. The SMILES string of the molecule is COC(=O)C(=O)NC(C(=O)N(C)[C@H](CN1CCCC1)c1ccccc1)c1ccccc1. The van der Waals surface area contributed by atoms with E-state index in [9.17, 15) is 14.4 Å². The largest absolute Gasteiger partial charge is 0.462 e. The van der Waals surface area contributed by atoms with Gasteiger partial charge in [0.05, 0.1) is 13.2 Å². The van der Waals surface area contributed by atoms with Gasteiger partial charge in [-0.25, -0.2) is 4.79 Å². The normalized spacial score (nSPS) is 15.7. The van der Waals surface area contributed by atoms with Crippen LogP contribution in [0.3, 0.4) is 0 Å². The van der Waals surface area contributed by atoms with Gasteiger partial charge in [0.1, 0.15) is 6.04 Å². The minimum atomic E-state index is -1.03. The zero-order chi connectivity index (χ0) is 22.2. The Morgan fingerprint density at radius 1 is 0.968 bits per heavy atom. The summed E-state index contributed by atoms with van der Waals surface area (Å²) in [6.45, 7) is 2.72. The van der Waals surface area contributed by atoms with Crippen LogP contribution in [0.1, 0.15) is 36.1 Å². The Hall–Kier alpha value is -3.19. The summed E-state index contributed by atoms with van der Waals surface area (Å²) < 4.78 is 4.51. The highest BCUT2D eigenvalue weighted by molar-refractivity contribution is 6.32. The highest BCUT2D eigenvalue weighted by Gasteiger charge is 2.33. The van der Waals surface area contributed by atoms with Crippen LogP contribution in [0.5, 0.6) is 0 Å². The van der Waals surface area contributed by atoms with Crippen LogP contribution in [0, 0.1) is 0 Å². The molecule has 2 atom stereocenters. The number of carbonyl (C=O) groups excluding carboxylic acids is 3. The van der Waals surface area contributed by atoms with Crippen molar-refractivity contribution in [3.05, 3.63) is 71.8 Å². The number of hydrogen-bond acceptors (Lipinski definition) is 5. The zero-order valence-electron chi connectivity index (χ0n) is 18.0. The number of benzene rings is 2. The van der Waals surface area contributed by atoms with Gasteiger partial charge in [-0.1, -0.05) is 60.7 Å². The van der Waals surface area contributed by atoms with Gasteiger partial charge in [0.15, 0.2) is 0 Å². The molecular formula is C24H29N3O4. The monoisotopic (exact) mass is 423 g/mol. The van der Waals surface area contributed by atoms with Crippen molar-refractivity contribution >= 4 is 17.8 Å². The van der Waals surface area contributed by atoms with E-state index in [1.165, 1.54) is 0 Å². The Labute approximate surface area is 183 Å². The summed E-state index contributed by atoms with van der Waals surface area (Å²) in [4.78, 5) is 41.6. The number of amides is 2. The highest BCUT2D eigenvalue weighted by atomic mass is 16.5. The molecule has 0 bridgehead atoms. The molecule has 1 N–H and O–H groups in total. The molecule has 1 aliphatic heterocycles. The summed E-state index contributed by atoms with van der Waals surface area (Å²) in [6, 6.07) is 17.6. The molecule has 1 fully saturated rings. The molecule has 1 unspecified atom stereocenters. The molecule has 0 aromatic heterocycles. The van der Waals surface area contributed by atoms with Crippen LogP contribution < -0.4 is 5.32 Å². The molecule has 0 spiro atoms. The predicted molar refractivity (Wildman–Crippen MR) is 117 cm³/mol. The average molecular weight is 424 g/mol. The van der Waals surface area contributed by atoms with Gasteiger partial charge >= 0.3 is 11.9 Å². The van der Waals surface area contributed by atoms with Crippen LogP contribution in [0.15, 0.2) is 60.7 Å². The molecule has 0 radical (unpaired) electrons.